The molecule has 6 heteroatoms. The summed E-state index contributed by atoms with van der Waals surface area (Å²) < 4.78 is 10.5. The van der Waals surface area contributed by atoms with Crippen LogP contribution in [0.25, 0.3) is 0 Å². The summed E-state index contributed by atoms with van der Waals surface area (Å²) in [7, 11) is 0. The number of carbonyl (C=O) groups is 2. The van der Waals surface area contributed by atoms with Crippen LogP contribution in [0.15, 0.2) is 42.5 Å². The van der Waals surface area contributed by atoms with E-state index in [0.29, 0.717) is 30.2 Å². The van der Waals surface area contributed by atoms with Crippen LogP contribution in [0.4, 0.5) is 4.79 Å². The van der Waals surface area contributed by atoms with Gasteiger partial charge in [-0.3, -0.25) is 4.79 Å². The van der Waals surface area contributed by atoms with E-state index in [0.717, 1.165) is 11.1 Å². The molecule has 0 saturated heterocycles. The summed E-state index contributed by atoms with van der Waals surface area (Å²) >= 11 is 0. The van der Waals surface area contributed by atoms with E-state index < -0.39 is 0 Å². The van der Waals surface area contributed by atoms with E-state index in [1.807, 2.05) is 37.3 Å². The predicted molar refractivity (Wildman–Crippen MR) is 92.9 cm³/mol. The van der Waals surface area contributed by atoms with Crippen molar-refractivity contribution in [2.45, 2.75) is 19.9 Å². The number of hydrogen-bond acceptors (Lipinski definition) is 4. The van der Waals surface area contributed by atoms with Gasteiger partial charge in [-0.25, -0.2) is 4.79 Å². The molecule has 3 rings (SSSR count). The smallest absolute Gasteiger partial charge is 0.315 e. The van der Waals surface area contributed by atoms with Crippen molar-refractivity contribution >= 4 is 11.8 Å². The molecule has 1 heterocycles. The Balaban J connectivity index is 1.39. The molecule has 0 bridgehead atoms. The van der Waals surface area contributed by atoms with E-state index in [4.69, 9.17) is 9.47 Å². The molecule has 0 fully saturated rings. The van der Waals surface area contributed by atoms with Gasteiger partial charge in [0.05, 0.1) is 0 Å². The molecular weight excluding hydrogens is 320 g/mol. The SMILES string of the molecule is Cc1ccc(C(=O)CCNC(=O)NCc2ccc3c(c2)OCO3)cc1. The van der Waals surface area contributed by atoms with Crippen molar-refractivity contribution in [3.05, 3.63) is 59.2 Å². The highest BCUT2D eigenvalue weighted by Gasteiger charge is 2.13. The van der Waals surface area contributed by atoms with Crippen molar-refractivity contribution < 1.29 is 19.1 Å². The van der Waals surface area contributed by atoms with Gasteiger partial charge < -0.3 is 20.1 Å². The molecule has 25 heavy (non-hydrogen) atoms. The number of fused-ring (bicyclic) bond motifs is 1. The van der Waals surface area contributed by atoms with Crippen molar-refractivity contribution in [2.24, 2.45) is 0 Å². The summed E-state index contributed by atoms with van der Waals surface area (Å²) in [5, 5.41) is 5.44. The number of Topliss-reactive ketones (excluding diaryl/α,β-unsaturated/α-hetero) is 1. The van der Waals surface area contributed by atoms with Crippen LogP contribution in [0, 0.1) is 6.92 Å². The second kappa shape index (κ2) is 7.70. The molecule has 0 atom stereocenters. The number of ether oxygens (including phenoxy) is 2. The Morgan fingerprint density at radius 2 is 1.76 bits per heavy atom. The molecule has 0 saturated carbocycles. The van der Waals surface area contributed by atoms with Crippen LogP contribution in [0.1, 0.15) is 27.9 Å². The third kappa shape index (κ3) is 4.50. The Bertz CT molecular complexity index is 771. The van der Waals surface area contributed by atoms with Crippen molar-refractivity contribution in [3.63, 3.8) is 0 Å². The van der Waals surface area contributed by atoms with Gasteiger partial charge in [0.1, 0.15) is 0 Å². The fourth-order valence-corrected chi connectivity index (χ4v) is 2.47. The number of carbonyl (C=O) groups excluding carboxylic acids is 2. The van der Waals surface area contributed by atoms with Crippen molar-refractivity contribution in [2.75, 3.05) is 13.3 Å². The van der Waals surface area contributed by atoms with E-state index >= 15 is 0 Å². The molecule has 0 radical (unpaired) electrons. The standard InChI is InChI=1S/C19H20N2O4/c1-13-2-5-15(6-3-13)16(22)8-9-20-19(23)21-11-14-4-7-17-18(10-14)25-12-24-17/h2-7,10H,8-9,11-12H2,1H3,(H2,20,21,23). The first-order valence-corrected chi connectivity index (χ1v) is 8.12. The summed E-state index contributed by atoms with van der Waals surface area (Å²) in [4.78, 5) is 23.9. The molecular formula is C19H20N2O4. The van der Waals surface area contributed by atoms with Crippen molar-refractivity contribution in [1.82, 2.24) is 10.6 Å². The van der Waals surface area contributed by atoms with Gasteiger partial charge in [0, 0.05) is 25.1 Å². The molecule has 6 nitrogen and oxygen atoms in total. The summed E-state index contributed by atoms with van der Waals surface area (Å²) in [6.07, 6.45) is 0.264. The highest BCUT2D eigenvalue weighted by atomic mass is 16.7. The second-order valence-corrected chi connectivity index (χ2v) is 5.84. The van der Waals surface area contributed by atoms with Crippen LogP contribution in [-0.4, -0.2) is 25.2 Å². The van der Waals surface area contributed by atoms with E-state index in [2.05, 4.69) is 10.6 Å². The zero-order valence-electron chi connectivity index (χ0n) is 14.0. The largest absolute Gasteiger partial charge is 0.454 e. The maximum atomic E-state index is 12.0. The minimum absolute atomic E-state index is 0.0103. The minimum atomic E-state index is -0.311. The quantitative estimate of drug-likeness (QED) is 0.793. The number of amides is 2. The highest BCUT2D eigenvalue weighted by Crippen LogP contribution is 2.32. The number of rotatable bonds is 6. The minimum Gasteiger partial charge on any atom is -0.454 e. The van der Waals surface area contributed by atoms with Gasteiger partial charge in [-0.2, -0.15) is 0 Å². The fourth-order valence-electron chi connectivity index (χ4n) is 2.47. The topological polar surface area (TPSA) is 76.7 Å². The van der Waals surface area contributed by atoms with Crippen molar-refractivity contribution in [1.29, 1.82) is 0 Å². The molecule has 2 amide bonds. The highest BCUT2D eigenvalue weighted by molar-refractivity contribution is 5.96. The first kappa shape index (κ1) is 16.8. The lowest BCUT2D eigenvalue weighted by molar-refractivity contribution is 0.0983. The van der Waals surface area contributed by atoms with E-state index in [1.165, 1.54) is 0 Å². The van der Waals surface area contributed by atoms with Crippen LogP contribution in [0.2, 0.25) is 0 Å². The van der Waals surface area contributed by atoms with Crippen molar-refractivity contribution in [3.8, 4) is 11.5 Å². The van der Waals surface area contributed by atoms with Crippen LogP contribution < -0.4 is 20.1 Å². The molecule has 0 spiro atoms. The summed E-state index contributed by atoms with van der Waals surface area (Å²) in [5.74, 6) is 1.40. The molecule has 130 valence electrons. The van der Waals surface area contributed by atoms with Gasteiger partial charge in [0.25, 0.3) is 0 Å². The summed E-state index contributed by atoms with van der Waals surface area (Å²) in [5.41, 5.74) is 2.68. The zero-order chi connectivity index (χ0) is 17.6. The molecule has 1 aliphatic heterocycles. The molecule has 1 aliphatic rings. The average Bonchev–Trinajstić information content (AvgIpc) is 3.08. The zero-order valence-corrected chi connectivity index (χ0v) is 14.0. The summed E-state index contributed by atoms with van der Waals surface area (Å²) in [6.45, 7) is 2.86. The monoisotopic (exact) mass is 340 g/mol. The van der Waals surface area contributed by atoms with E-state index in [9.17, 15) is 9.59 Å². The number of benzene rings is 2. The average molecular weight is 340 g/mol. The Morgan fingerprint density at radius 1 is 1.00 bits per heavy atom. The Hall–Kier alpha value is -3.02. The Kier molecular flexibility index (Phi) is 5.18. The lowest BCUT2D eigenvalue weighted by atomic mass is 10.1. The third-order valence-corrected chi connectivity index (χ3v) is 3.90. The van der Waals surface area contributed by atoms with E-state index in [-0.39, 0.29) is 25.0 Å². The molecule has 0 aromatic heterocycles. The molecule has 2 N–H and O–H groups in total. The first-order chi connectivity index (χ1) is 12.1. The molecule has 2 aromatic rings. The number of nitrogens with one attached hydrogen (secondary N) is 2. The number of urea groups is 1. The molecule has 0 aliphatic carbocycles. The third-order valence-electron chi connectivity index (χ3n) is 3.90. The number of ketones is 1. The maximum absolute atomic E-state index is 12.0. The number of hydrogen-bond donors (Lipinski definition) is 2. The summed E-state index contributed by atoms with van der Waals surface area (Å²) in [6, 6.07) is 12.6. The van der Waals surface area contributed by atoms with Gasteiger partial charge in [0.2, 0.25) is 6.79 Å². The van der Waals surface area contributed by atoms with Crippen LogP contribution in [0.5, 0.6) is 11.5 Å². The maximum Gasteiger partial charge on any atom is 0.315 e. The second-order valence-electron chi connectivity index (χ2n) is 5.84. The fraction of sp³-hybridized carbons (Fsp3) is 0.263. The Morgan fingerprint density at radius 3 is 2.56 bits per heavy atom. The lowest BCUT2D eigenvalue weighted by Crippen LogP contribution is -2.36. The number of aryl methyl sites for hydroxylation is 1. The van der Waals surface area contributed by atoms with E-state index in [1.54, 1.807) is 12.1 Å². The first-order valence-electron chi connectivity index (χ1n) is 8.12. The van der Waals surface area contributed by atoms with Crippen LogP contribution >= 0.6 is 0 Å². The van der Waals surface area contributed by atoms with Gasteiger partial charge in [0.15, 0.2) is 17.3 Å². The lowest BCUT2D eigenvalue weighted by Gasteiger charge is -2.08. The van der Waals surface area contributed by atoms with Crippen LogP contribution in [-0.2, 0) is 6.54 Å². The Labute approximate surface area is 146 Å². The van der Waals surface area contributed by atoms with Gasteiger partial charge in [-0.15, -0.1) is 0 Å². The predicted octanol–water partition coefficient (Wildman–Crippen LogP) is 2.80. The van der Waals surface area contributed by atoms with Crippen LogP contribution in [0.3, 0.4) is 0 Å². The molecule has 0 unspecified atom stereocenters. The van der Waals surface area contributed by atoms with Gasteiger partial charge in [-0.1, -0.05) is 35.9 Å². The molecule has 2 aromatic carbocycles. The van der Waals surface area contributed by atoms with Gasteiger partial charge in [-0.05, 0) is 24.6 Å². The normalized spacial score (nSPS) is 11.9. The van der Waals surface area contributed by atoms with Gasteiger partial charge >= 0.3 is 6.03 Å².